The smallest absolute Gasteiger partial charge is 0.253 e. The second-order valence-corrected chi connectivity index (χ2v) is 8.08. The van der Waals surface area contributed by atoms with Crippen LogP contribution in [0.2, 0.25) is 0 Å². The summed E-state index contributed by atoms with van der Waals surface area (Å²) in [5.41, 5.74) is -1.38. The van der Waals surface area contributed by atoms with Crippen LogP contribution in [0, 0.1) is 0 Å². The molecule has 30 heavy (non-hydrogen) atoms. The lowest BCUT2D eigenvalue weighted by molar-refractivity contribution is -0.137. The van der Waals surface area contributed by atoms with Crippen molar-refractivity contribution in [3.8, 4) is 11.4 Å². The van der Waals surface area contributed by atoms with E-state index in [9.17, 15) is 26.2 Å². The maximum Gasteiger partial charge on any atom is 0.417 e. The number of fused-ring (bicyclic) bond motifs is 2. The van der Waals surface area contributed by atoms with E-state index in [0.29, 0.717) is 6.92 Å². The van der Waals surface area contributed by atoms with Gasteiger partial charge in [-0.05, 0) is 18.2 Å². The predicted octanol–water partition coefficient (Wildman–Crippen LogP) is 3.70. The molecule has 1 atom stereocenters. The summed E-state index contributed by atoms with van der Waals surface area (Å²) in [6, 6.07) is 3.05. The third-order valence-corrected chi connectivity index (χ3v) is 5.54. The number of halogens is 5. The topological polar surface area (TPSA) is 77.5 Å². The molecule has 4 aromatic rings. The normalized spacial score (nSPS) is 14.0. The molecule has 13 heteroatoms. The van der Waals surface area contributed by atoms with Crippen molar-refractivity contribution < 1.29 is 26.2 Å². The van der Waals surface area contributed by atoms with Crippen LogP contribution in [-0.2, 0) is 22.9 Å². The highest BCUT2D eigenvalue weighted by molar-refractivity contribution is 7.85. The van der Waals surface area contributed by atoms with Gasteiger partial charge >= 0.3 is 6.18 Å². The van der Waals surface area contributed by atoms with Crippen molar-refractivity contribution in [2.45, 2.75) is 31.0 Å². The molecule has 0 spiro atoms. The molecule has 4 rings (SSSR count). The number of hydrogen-bond acceptors (Lipinski definition) is 5. The first-order valence-corrected chi connectivity index (χ1v) is 9.91. The standard InChI is InChI=1S/C17H13F5N6OS/c1-3-30(29)15-12(14-23-7-6-10(16(2,18)19)28(14)26-15)13-24-11-5-4-9(17(20,21)22)8-27(11)25-13/h4-8H,3H2,1-2H3. The summed E-state index contributed by atoms with van der Waals surface area (Å²) >= 11 is 0. The largest absolute Gasteiger partial charge is 0.417 e. The van der Waals surface area contributed by atoms with Crippen LogP contribution in [-0.4, -0.2) is 39.2 Å². The zero-order valence-corrected chi connectivity index (χ0v) is 16.3. The Balaban J connectivity index is 2.01. The first-order valence-electron chi connectivity index (χ1n) is 8.59. The van der Waals surface area contributed by atoms with Gasteiger partial charge in [0.1, 0.15) is 11.3 Å². The lowest BCUT2D eigenvalue weighted by Gasteiger charge is -2.11. The second-order valence-electron chi connectivity index (χ2n) is 6.42. The van der Waals surface area contributed by atoms with Crippen molar-refractivity contribution in [3.05, 3.63) is 41.9 Å². The minimum atomic E-state index is -4.58. The average Bonchev–Trinajstić information content (AvgIpc) is 3.25. The Hall–Kier alpha value is -2.96. The number of nitrogens with zero attached hydrogens (tertiary/aromatic N) is 6. The van der Waals surface area contributed by atoms with Crippen LogP contribution in [0.1, 0.15) is 25.1 Å². The molecule has 0 saturated heterocycles. The number of rotatable bonds is 4. The van der Waals surface area contributed by atoms with E-state index in [2.05, 4.69) is 20.2 Å². The molecule has 4 aromatic heterocycles. The first kappa shape index (κ1) is 20.3. The maximum absolute atomic E-state index is 14.0. The predicted molar refractivity (Wildman–Crippen MR) is 96.5 cm³/mol. The fourth-order valence-corrected chi connectivity index (χ4v) is 3.76. The Bertz CT molecular complexity index is 1290. The van der Waals surface area contributed by atoms with Gasteiger partial charge in [0, 0.05) is 25.1 Å². The van der Waals surface area contributed by atoms with Gasteiger partial charge in [-0.1, -0.05) is 6.92 Å². The summed E-state index contributed by atoms with van der Waals surface area (Å²) in [6.07, 6.45) is -2.68. The van der Waals surface area contributed by atoms with Gasteiger partial charge in [0.15, 0.2) is 22.1 Å². The van der Waals surface area contributed by atoms with Gasteiger partial charge in [-0.15, -0.1) is 5.10 Å². The van der Waals surface area contributed by atoms with E-state index < -0.39 is 34.2 Å². The van der Waals surface area contributed by atoms with Gasteiger partial charge in [-0.3, -0.25) is 4.21 Å². The van der Waals surface area contributed by atoms with Gasteiger partial charge in [-0.25, -0.2) is 19.0 Å². The van der Waals surface area contributed by atoms with Crippen molar-refractivity contribution in [1.82, 2.24) is 29.2 Å². The molecule has 0 aliphatic heterocycles. The second kappa shape index (κ2) is 6.79. The van der Waals surface area contributed by atoms with Gasteiger partial charge in [0.05, 0.1) is 16.4 Å². The summed E-state index contributed by atoms with van der Waals surface area (Å²) in [6.45, 7) is 2.29. The van der Waals surface area contributed by atoms with E-state index in [0.717, 1.165) is 39.6 Å². The van der Waals surface area contributed by atoms with Crippen LogP contribution in [0.3, 0.4) is 0 Å². The van der Waals surface area contributed by atoms with E-state index in [1.54, 1.807) is 6.92 Å². The number of hydrogen-bond donors (Lipinski definition) is 0. The molecule has 158 valence electrons. The van der Waals surface area contributed by atoms with E-state index in [1.807, 2.05) is 0 Å². The molecule has 0 saturated carbocycles. The van der Waals surface area contributed by atoms with Gasteiger partial charge < -0.3 is 0 Å². The van der Waals surface area contributed by atoms with Gasteiger partial charge in [0.2, 0.25) is 0 Å². The molecular formula is C17H13F5N6OS. The van der Waals surface area contributed by atoms with Crippen molar-refractivity contribution in [1.29, 1.82) is 0 Å². The van der Waals surface area contributed by atoms with Crippen LogP contribution in [0.25, 0.3) is 22.7 Å². The number of pyridine rings is 1. The minimum absolute atomic E-state index is 0.0264. The fraction of sp³-hybridized carbons (Fsp3) is 0.294. The molecule has 0 N–H and O–H groups in total. The molecule has 7 nitrogen and oxygen atoms in total. The van der Waals surface area contributed by atoms with Crippen molar-refractivity contribution in [2.24, 2.45) is 0 Å². The summed E-state index contributed by atoms with van der Waals surface area (Å²) < 4.78 is 81.3. The lowest BCUT2D eigenvalue weighted by atomic mass is 10.2. The monoisotopic (exact) mass is 444 g/mol. The Labute approximate surface area is 168 Å². The number of aromatic nitrogens is 6. The van der Waals surface area contributed by atoms with Gasteiger partial charge in [-0.2, -0.15) is 27.1 Å². The molecule has 0 aromatic carbocycles. The average molecular weight is 444 g/mol. The summed E-state index contributed by atoms with van der Waals surface area (Å²) in [5, 5.41) is 8.02. The fourth-order valence-electron chi connectivity index (χ4n) is 2.91. The Morgan fingerprint density at radius 1 is 1.10 bits per heavy atom. The molecule has 4 heterocycles. The van der Waals surface area contributed by atoms with E-state index >= 15 is 0 Å². The summed E-state index contributed by atoms with van der Waals surface area (Å²) in [7, 11) is -1.70. The number of alkyl halides is 5. The van der Waals surface area contributed by atoms with Crippen molar-refractivity contribution >= 4 is 22.1 Å². The zero-order valence-electron chi connectivity index (χ0n) is 15.5. The van der Waals surface area contributed by atoms with E-state index in [4.69, 9.17) is 0 Å². The molecule has 0 bridgehead atoms. The van der Waals surface area contributed by atoms with Crippen LogP contribution in [0.4, 0.5) is 22.0 Å². The lowest BCUT2D eigenvalue weighted by Crippen LogP contribution is -2.14. The quantitative estimate of drug-likeness (QED) is 0.449. The minimum Gasteiger partial charge on any atom is -0.253 e. The molecule has 1 unspecified atom stereocenters. The van der Waals surface area contributed by atoms with Crippen LogP contribution in [0.15, 0.2) is 35.6 Å². The molecule has 0 aliphatic carbocycles. The summed E-state index contributed by atoms with van der Waals surface area (Å²) in [5.74, 6) is -3.27. The third-order valence-electron chi connectivity index (χ3n) is 4.30. The Morgan fingerprint density at radius 3 is 2.47 bits per heavy atom. The van der Waals surface area contributed by atoms with Gasteiger partial charge in [0.25, 0.3) is 5.92 Å². The maximum atomic E-state index is 14.0. The van der Waals surface area contributed by atoms with E-state index in [1.165, 1.54) is 0 Å². The van der Waals surface area contributed by atoms with E-state index in [-0.39, 0.29) is 33.5 Å². The Kier molecular flexibility index (Phi) is 4.60. The van der Waals surface area contributed by atoms with Crippen molar-refractivity contribution in [3.63, 3.8) is 0 Å². The Morgan fingerprint density at radius 2 is 1.83 bits per heavy atom. The first-order chi connectivity index (χ1) is 14.0. The van der Waals surface area contributed by atoms with Crippen LogP contribution >= 0.6 is 0 Å². The van der Waals surface area contributed by atoms with Crippen LogP contribution < -0.4 is 0 Å². The zero-order chi connectivity index (χ0) is 21.8. The highest BCUT2D eigenvalue weighted by Crippen LogP contribution is 2.33. The highest BCUT2D eigenvalue weighted by Gasteiger charge is 2.33. The molecule has 0 fully saturated rings. The summed E-state index contributed by atoms with van der Waals surface area (Å²) in [4.78, 5) is 8.23. The highest BCUT2D eigenvalue weighted by atomic mass is 32.2. The van der Waals surface area contributed by atoms with Crippen LogP contribution in [0.5, 0.6) is 0 Å². The molecule has 0 radical (unpaired) electrons. The molecular weight excluding hydrogens is 431 g/mol. The van der Waals surface area contributed by atoms with Crippen molar-refractivity contribution in [2.75, 3.05) is 5.75 Å². The molecule has 0 amide bonds. The molecule has 0 aliphatic rings. The third kappa shape index (κ3) is 3.32. The SMILES string of the molecule is CCS(=O)c1nn2c(C(C)(F)F)ccnc2c1-c1nc2ccc(C(F)(F)F)cn2n1.